The Balaban J connectivity index is 1.55. The molecule has 1 aliphatic heterocycles. The molecule has 0 aliphatic carbocycles. The zero-order chi connectivity index (χ0) is 21.1. The van der Waals surface area contributed by atoms with Crippen LogP contribution in [0, 0.1) is 17.6 Å². The SMILES string of the molecule is O=CC1C(CCOc2ccc(F)cc2)C(c2ccc(O)cc2)N1c1ccc(F)cc1. The summed E-state index contributed by atoms with van der Waals surface area (Å²) in [5.41, 5.74) is 1.70. The zero-order valence-corrected chi connectivity index (χ0v) is 16.1. The molecule has 1 fully saturated rings. The molecular weight excluding hydrogens is 388 g/mol. The summed E-state index contributed by atoms with van der Waals surface area (Å²) in [6.45, 7) is 0.368. The third-order valence-electron chi connectivity index (χ3n) is 5.50. The Hall–Kier alpha value is -3.41. The van der Waals surface area contributed by atoms with Crippen molar-refractivity contribution in [3.63, 3.8) is 0 Å². The number of carbonyl (C=O) groups excluding carboxylic acids is 1. The molecule has 0 amide bonds. The van der Waals surface area contributed by atoms with Crippen LogP contribution in [0.3, 0.4) is 0 Å². The summed E-state index contributed by atoms with van der Waals surface area (Å²) >= 11 is 0. The minimum absolute atomic E-state index is 0.0301. The van der Waals surface area contributed by atoms with Crippen LogP contribution >= 0.6 is 0 Å². The van der Waals surface area contributed by atoms with Crippen LogP contribution in [0.2, 0.25) is 0 Å². The van der Waals surface area contributed by atoms with Crippen LogP contribution in [-0.4, -0.2) is 24.0 Å². The first kappa shape index (κ1) is 19.9. The van der Waals surface area contributed by atoms with Gasteiger partial charge in [0.15, 0.2) is 0 Å². The monoisotopic (exact) mass is 409 g/mol. The zero-order valence-electron chi connectivity index (χ0n) is 16.1. The molecule has 1 heterocycles. The van der Waals surface area contributed by atoms with Gasteiger partial charge in [0.25, 0.3) is 0 Å². The molecule has 3 aromatic carbocycles. The third kappa shape index (κ3) is 3.99. The summed E-state index contributed by atoms with van der Waals surface area (Å²) in [7, 11) is 0. The Morgan fingerprint density at radius 2 is 1.50 bits per heavy atom. The number of phenolic OH excluding ortho intramolecular Hbond substituents is 1. The topological polar surface area (TPSA) is 49.8 Å². The number of rotatable bonds is 7. The third-order valence-corrected chi connectivity index (χ3v) is 5.50. The first-order chi connectivity index (χ1) is 14.6. The molecule has 1 N–H and O–H groups in total. The van der Waals surface area contributed by atoms with E-state index in [1.807, 2.05) is 17.0 Å². The van der Waals surface area contributed by atoms with E-state index in [4.69, 9.17) is 4.74 Å². The van der Waals surface area contributed by atoms with Gasteiger partial charge in [-0.1, -0.05) is 12.1 Å². The fourth-order valence-electron chi connectivity index (χ4n) is 4.05. The highest BCUT2D eigenvalue weighted by Crippen LogP contribution is 2.48. The number of benzene rings is 3. The van der Waals surface area contributed by atoms with Gasteiger partial charge in [-0.25, -0.2) is 8.78 Å². The Bertz CT molecular complexity index is 990. The van der Waals surface area contributed by atoms with Crippen molar-refractivity contribution in [2.24, 2.45) is 5.92 Å². The molecular formula is C24H21F2NO3. The molecule has 4 nitrogen and oxygen atoms in total. The van der Waals surface area contributed by atoms with Gasteiger partial charge in [0.1, 0.15) is 29.4 Å². The van der Waals surface area contributed by atoms with Crippen molar-refractivity contribution in [2.75, 3.05) is 11.5 Å². The van der Waals surface area contributed by atoms with Crippen molar-refractivity contribution in [1.29, 1.82) is 0 Å². The highest BCUT2D eigenvalue weighted by molar-refractivity contribution is 5.72. The molecule has 3 atom stereocenters. The number of phenols is 1. The summed E-state index contributed by atoms with van der Waals surface area (Å²) < 4.78 is 32.2. The van der Waals surface area contributed by atoms with Gasteiger partial charge in [0, 0.05) is 11.6 Å². The van der Waals surface area contributed by atoms with Gasteiger partial charge < -0.3 is 19.5 Å². The molecule has 3 aromatic rings. The average molecular weight is 409 g/mol. The van der Waals surface area contributed by atoms with E-state index in [-0.39, 0.29) is 35.4 Å². The summed E-state index contributed by atoms with van der Waals surface area (Å²) in [6.07, 6.45) is 1.51. The molecule has 0 bridgehead atoms. The maximum absolute atomic E-state index is 13.4. The molecule has 3 unspecified atom stereocenters. The van der Waals surface area contributed by atoms with E-state index in [1.54, 1.807) is 36.4 Å². The van der Waals surface area contributed by atoms with E-state index < -0.39 is 0 Å². The maximum atomic E-state index is 13.4. The van der Waals surface area contributed by atoms with Crippen LogP contribution in [0.15, 0.2) is 72.8 Å². The molecule has 1 aliphatic rings. The largest absolute Gasteiger partial charge is 0.508 e. The number of halogens is 2. The van der Waals surface area contributed by atoms with Crippen LogP contribution in [0.5, 0.6) is 11.5 Å². The molecule has 4 rings (SSSR count). The predicted octanol–water partition coefficient (Wildman–Crippen LogP) is 4.88. The summed E-state index contributed by atoms with van der Waals surface area (Å²) in [4.78, 5) is 13.9. The average Bonchev–Trinajstić information content (AvgIpc) is 2.74. The lowest BCUT2D eigenvalue weighted by Gasteiger charge is -2.55. The first-order valence-corrected chi connectivity index (χ1v) is 9.73. The minimum Gasteiger partial charge on any atom is -0.508 e. The van der Waals surface area contributed by atoms with Crippen LogP contribution in [-0.2, 0) is 4.79 Å². The highest BCUT2D eigenvalue weighted by Gasteiger charge is 2.48. The van der Waals surface area contributed by atoms with Crippen molar-refractivity contribution in [1.82, 2.24) is 0 Å². The lowest BCUT2D eigenvalue weighted by Crippen LogP contribution is -2.60. The number of anilines is 1. The first-order valence-electron chi connectivity index (χ1n) is 9.73. The second kappa shape index (κ2) is 8.53. The summed E-state index contributed by atoms with van der Waals surface area (Å²) in [5.74, 6) is 0.0269. The molecule has 6 heteroatoms. The van der Waals surface area contributed by atoms with Crippen molar-refractivity contribution >= 4 is 12.0 Å². The number of carbonyl (C=O) groups is 1. The fourth-order valence-corrected chi connectivity index (χ4v) is 4.05. The van der Waals surface area contributed by atoms with Gasteiger partial charge in [-0.3, -0.25) is 0 Å². The molecule has 0 aromatic heterocycles. The smallest absolute Gasteiger partial charge is 0.142 e. The van der Waals surface area contributed by atoms with Crippen molar-refractivity contribution in [3.05, 3.63) is 90.0 Å². The Kier molecular flexibility index (Phi) is 5.65. The number of hydrogen-bond acceptors (Lipinski definition) is 4. The molecule has 1 saturated heterocycles. The standard InChI is InChI=1S/C24H21F2NO3/c25-17-3-7-19(8-4-17)27-23(15-28)22(24(27)16-1-9-20(29)10-2-16)13-14-30-21-11-5-18(26)6-12-21/h1-12,15,22-24,29H,13-14H2. The summed E-state index contributed by atoms with van der Waals surface area (Å²) in [5, 5.41) is 9.64. The number of nitrogens with zero attached hydrogens (tertiary/aromatic N) is 1. The Morgan fingerprint density at radius 1 is 0.900 bits per heavy atom. The molecule has 30 heavy (non-hydrogen) atoms. The number of aldehydes is 1. The van der Waals surface area contributed by atoms with E-state index in [2.05, 4.69) is 0 Å². The second-order valence-electron chi connectivity index (χ2n) is 7.30. The molecule has 154 valence electrons. The fraction of sp³-hybridized carbons (Fsp3) is 0.208. The van der Waals surface area contributed by atoms with Crippen LogP contribution in [0.25, 0.3) is 0 Å². The second-order valence-corrected chi connectivity index (χ2v) is 7.30. The number of aromatic hydroxyl groups is 1. The summed E-state index contributed by atoms with van der Waals surface area (Å²) in [6, 6.07) is 18.2. The number of ether oxygens (including phenoxy) is 1. The quantitative estimate of drug-likeness (QED) is 0.565. The van der Waals surface area contributed by atoms with E-state index in [0.717, 1.165) is 17.5 Å². The molecule has 0 radical (unpaired) electrons. The minimum atomic E-state index is -0.383. The van der Waals surface area contributed by atoms with Gasteiger partial charge in [-0.15, -0.1) is 0 Å². The molecule has 0 spiro atoms. The van der Waals surface area contributed by atoms with Gasteiger partial charge in [0.05, 0.1) is 18.7 Å². The lowest BCUT2D eigenvalue weighted by atomic mass is 9.74. The van der Waals surface area contributed by atoms with Gasteiger partial charge in [0.2, 0.25) is 0 Å². The molecule has 0 saturated carbocycles. The number of hydrogen-bond donors (Lipinski definition) is 1. The maximum Gasteiger partial charge on any atom is 0.142 e. The van der Waals surface area contributed by atoms with Gasteiger partial charge in [-0.2, -0.15) is 0 Å². The van der Waals surface area contributed by atoms with Crippen LogP contribution in [0.1, 0.15) is 18.0 Å². The van der Waals surface area contributed by atoms with Crippen molar-refractivity contribution < 1.29 is 23.4 Å². The van der Waals surface area contributed by atoms with E-state index >= 15 is 0 Å². The van der Waals surface area contributed by atoms with E-state index in [1.165, 1.54) is 24.3 Å². The van der Waals surface area contributed by atoms with Crippen molar-refractivity contribution in [3.8, 4) is 11.5 Å². The normalized spacial score (nSPS) is 20.5. The van der Waals surface area contributed by atoms with Gasteiger partial charge in [-0.05, 0) is 72.6 Å². The highest BCUT2D eigenvalue weighted by atomic mass is 19.1. The van der Waals surface area contributed by atoms with Gasteiger partial charge >= 0.3 is 0 Å². The van der Waals surface area contributed by atoms with Crippen LogP contribution < -0.4 is 9.64 Å². The predicted molar refractivity (Wildman–Crippen MR) is 110 cm³/mol. The van der Waals surface area contributed by atoms with E-state index in [9.17, 15) is 18.7 Å². The lowest BCUT2D eigenvalue weighted by molar-refractivity contribution is -0.112. The van der Waals surface area contributed by atoms with E-state index in [0.29, 0.717) is 18.8 Å². The van der Waals surface area contributed by atoms with Crippen LogP contribution in [0.4, 0.5) is 14.5 Å². The Morgan fingerprint density at radius 3 is 2.10 bits per heavy atom. The van der Waals surface area contributed by atoms with Crippen molar-refractivity contribution in [2.45, 2.75) is 18.5 Å². The Labute approximate surface area is 173 Å².